The van der Waals surface area contributed by atoms with Crippen molar-refractivity contribution in [2.24, 2.45) is 5.41 Å². The number of carbonyl (C=O) groups excluding carboxylic acids is 2. The van der Waals surface area contributed by atoms with E-state index in [2.05, 4.69) is 15.5 Å². The first-order valence-corrected chi connectivity index (χ1v) is 11.4. The molecule has 3 amide bonds. The van der Waals surface area contributed by atoms with Gasteiger partial charge in [0, 0.05) is 37.4 Å². The summed E-state index contributed by atoms with van der Waals surface area (Å²) in [5, 5.41) is 14.4. The topological polar surface area (TPSA) is 88.5 Å². The Hall–Kier alpha value is -2.73. The largest absolute Gasteiger partial charge is 0.336 e. The lowest BCUT2D eigenvalue weighted by Gasteiger charge is -2.27. The van der Waals surface area contributed by atoms with Crippen molar-refractivity contribution in [2.45, 2.75) is 62.1 Å². The summed E-state index contributed by atoms with van der Waals surface area (Å²) in [5.41, 5.74) is -0.488. The average Bonchev–Trinajstić information content (AvgIpc) is 3.65. The summed E-state index contributed by atoms with van der Waals surface area (Å²) in [6.45, 7) is 1.05. The van der Waals surface area contributed by atoms with Crippen LogP contribution in [0.4, 0.5) is 13.6 Å². The highest BCUT2D eigenvalue weighted by atomic mass is 19.3. The molecule has 2 unspecified atom stereocenters. The Bertz CT molecular complexity index is 938. The number of likely N-dealkylation sites (N-methyl/N-ethyl adjacent to an activating group) is 1. The van der Waals surface area contributed by atoms with Crippen molar-refractivity contribution in [3.63, 3.8) is 0 Å². The number of nitrogens with zero attached hydrogens (tertiary/aromatic N) is 3. The van der Waals surface area contributed by atoms with Crippen molar-refractivity contribution in [1.82, 2.24) is 20.4 Å². The number of alkyl halides is 2. The number of hydrogen-bond acceptors (Lipinski definition) is 4. The van der Waals surface area contributed by atoms with Gasteiger partial charge in [-0.1, -0.05) is 30.3 Å². The number of halogens is 2. The Morgan fingerprint density at radius 2 is 1.91 bits per heavy atom. The smallest absolute Gasteiger partial charge is 0.318 e. The maximum absolute atomic E-state index is 15.0. The van der Waals surface area contributed by atoms with Gasteiger partial charge in [-0.3, -0.25) is 4.79 Å². The minimum absolute atomic E-state index is 0.0642. The predicted octanol–water partition coefficient (Wildman–Crippen LogP) is 2.53. The molecule has 9 heteroatoms. The van der Waals surface area contributed by atoms with E-state index >= 15 is 0 Å². The van der Waals surface area contributed by atoms with Crippen LogP contribution < -0.4 is 10.6 Å². The van der Waals surface area contributed by atoms with E-state index in [4.69, 9.17) is 0 Å². The minimum Gasteiger partial charge on any atom is -0.336 e. The summed E-state index contributed by atoms with van der Waals surface area (Å²) in [7, 11) is 3.95. The second-order valence-corrected chi connectivity index (χ2v) is 10.1. The molecule has 0 bridgehead atoms. The molecule has 3 aliphatic rings. The lowest BCUT2D eigenvalue weighted by Crippen LogP contribution is -2.55. The molecule has 1 spiro atoms. The monoisotopic (exact) mass is 459 g/mol. The van der Waals surface area contributed by atoms with Crippen molar-refractivity contribution >= 4 is 11.9 Å². The Labute approximate surface area is 193 Å². The summed E-state index contributed by atoms with van der Waals surface area (Å²) in [6.07, 6.45) is 1.65. The Balaban J connectivity index is 1.46. The van der Waals surface area contributed by atoms with Crippen LogP contribution >= 0.6 is 0 Å². The number of nitrogens with one attached hydrogen (secondary N) is 2. The molecule has 1 heterocycles. The molecule has 2 aliphatic carbocycles. The molecule has 178 valence electrons. The first kappa shape index (κ1) is 23.4. The van der Waals surface area contributed by atoms with E-state index in [1.165, 1.54) is 0 Å². The van der Waals surface area contributed by atoms with Crippen LogP contribution in [-0.2, 0) is 11.2 Å². The van der Waals surface area contributed by atoms with Gasteiger partial charge in [0.25, 0.3) is 5.92 Å². The van der Waals surface area contributed by atoms with Crippen molar-refractivity contribution in [2.75, 3.05) is 27.2 Å². The second kappa shape index (κ2) is 8.56. The van der Waals surface area contributed by atoms with E-state index in [1.54, 1.807) is 35.2 Å². The van der Waals surface area contributed by atoms with E-state index in [1.807, 2.05) is 20.2 Å². The molecule has 7 nitrogen and oxygen atoms in total. The first-order chi connectivity index (χ1) is 15.6. The highest BCUT2D eigenvalue weighted by Crippen LogP contribution is 2.54. The number of rotatable bonds is 8. The number of amides is 3. The number of nitriles is 1. The zero-order valence-corrected chi connectivity index (χ0v) is 19.1. The van der Waals surface area contributed by atoms with Crippen LogP contribution in [0, 0.1) is 16.7 Å². The summed E-state index contributed by atoms with van der Waals surface area (Å²) in [4.78, 5) is 29.7. The predicted molar refractivity (Wildman–Crippen MR) is 118 cm³/mol. The standard InChI is InChI=1S/C24H31F2N5O2/c1-30(2)19-14-31(16-22(19)8-9-22)21(33)28-18(20(32)29-23(15-27)10-11-23)13-24(25,26)12-17-6-4-3-5-7-17/h3-7,18-19H,8-14,16H2,1-2H3,(H,28,33)(H,29,32). The Morgan fingerprint density at radius 3 is 2.42 bits per heavy atom. The molecule has 33 heavy (non-hydrogen) atoms. The second-order valence-electron chi connectivity index (χ2n) is 10.1. The molecule has 4 rings (SSSR count). The highest BCUT2D eigenvalue weighted by molar-refractivity contribution is 5.88. The summed E-state index contributed by atoms with van der Waals surface area (Å²) >= 11 is 0. The Kier molecular flexibility index (Phi) is 6.08. The fraction of sp³-hybridized carbons (Fsp3) is 0.625. The summed E-state index contributed by atoms with van der Waals surface area (Å²) < 4.78 is 29.9. The van der Waals surface area contributed by atoms with Gasteiger partial charge in [0.2, 0.25) is 5.91 Å². The van der Waals surface area contributed by atoms with Crippen LogP contribution in [0.15, 0.2) is 30.3 Å². The van der Waals surface area contributed by atoms with Crippen LogP contribution in [-0.4, -0.2) is 72.5 Å². The lowest BCUT2D eigenvalue weighted by atomic mass is 10.00. The van der Waals surface area contributed by atoms with Gasteiger partial charge >= 0.3 is 6.03 Å². The van der Waals surface area contributed by atoms with Gasteiger partial charge in [0.05, 0.1) is 6.07 Å². The van der Waals surface area contributed by atoms with Gasteiger partial charge in [-0.15, -0.1) is 0 Å². The molecule has 3 fully saturated rings. The van der Waals surface area contributed by atoms with Crippen molar-refractivity contribution in [3.8, 4) is 6.07 Å². The van der Waals surface area contributed by atoms with Gasteiger partial charge in [-0.25, -0.2) is 13.6 Å². The third-order valence-corrected chi connectivity index (χ3v) is 7.16. The minimum atomic E-state index is -3.21. The molecule has 1 saturated heterocycles. The van der Waals surface area contributed by atoms with Gasteiger partial charge in [0.1, 0.15) is 11.6 Å². The lowest BCUT2D eigenvalue weighted by molar-refractivity contribution is -0.126. The normalized spacial score (nSPS) is 23.2. The molecule has 2 saturated carbocycles. The maximum atomic E-state index is 15.0. The number of urea groups is 1. The number of carbonyl (C=O) groups is 2. The van der Waals surface area contributed by atoms with Gasteiger partial charge < -0.3 is 20.4 Å². The molecule has 2 atom stereocenters. The van der Waals surface area contributed by atoms with Crippen LogP contribution in [0.5, 0.6) is 0 Å². The molecule has 1 aliphatic heterocycles. The van der Waals surface area contributed by atoms with Crippen molar-refractivity contribution in [1.29, 1.82) is 5.26 Å². The maximum Gasteiger partial charge on any atom is 0.318 e. The summed E-state index contributed by atoms with van der Waals surface area (Å²) in [5.74, 6) is -3.95. The molecule has 0 radical (unpaired) electrons. The number of hydrogen-bond donors (Lipinski definition) is 2. The fourth-order valence-corrected chi connectivity index (χ4v) is 4.90. The quantitative estimate of drug-likeness (QED) is 0.625. The van der Waals surface area contributed by atoms with Gasteiger partial charge in [0.15, 0.2) is 0 Å². The molecule has 1 aromatic rings. The first-order valence-electron chi connectivity index (χ1n) is 11.4. The van der Waals surface area contributed by atoms with Crippen LogP contribution in [0.1, 0.15) is 37.7 Å². The fourth-order valence-electron chi connectivity index (χ4n) is 4.90. The third kappa shape index (κ3) is 5.27. The van der Waals surface area contributed by atoms with E-state index in [0.717, 1.165) is 12.8 Å². The van der Waals surface area contributed by atoms with E-state index in [-0.39, 0.29) is 11.5 Å². The summed E-state index contributed by atoms with van der Waals surface area (Å²) in [6, 6.07) is 8.64. The van der Waals surface area contributed by atoms with E-state index < -0.39 is 42.3 Å². The van der Waals surface area contributed by atoms with Crippen molar-refractivity contribution < 1.29 is 18.4 Å². The molecule has 1 aromatic carbocycles. The highest BCUT2D eigenvalue weighted by Gasteiger charge is 2.57. The van der Waals surface area contributed by atoms with E-state index in [9.17, 15) is 23.6 Å². The van der Waals surface area contributed by atoms with Crippen molar-refractivity contribution in [3.05, 3.63) is 35.9 Å². The van der Waals surface area contributed by atoms with Crippen LogP contribution in [0.2, 0.25) is 0 Å². The number of likely N-dealkylation sites (tertiary alicyclic amines) is 1. The Morgan fingerprint density at radius 1 is 1.24 bits per heavy atom. The van der Waals surface area contributed by atoms with Crippen LogP contribution in [0.3, 0.4) is 0 Å². The van der Waals surface area contributed by atoms with Crippen LogP contribution in [0.25, 0.3) is 0 Å². The molecule has 2 N–H and O–H groups in total. The zero-order valence-electron chi connectivity index (χ0n) is 19.1. The molecular formula is C24H31F2N5O2. The van der Waals surface area contributed by atoms with Gasteiger partial charge in [-0.05, 0) is 45.3 Å². The van der Waals surface area contributed by atoms with E-state index in [0.29, 0.717) is 31.5 Å². The SMILES string of the molecule is CN(C)C1CN(C(=O)NC(CC(F)(F)Cc2ccccc2)C(=O)NC2(C#N)CC2)CC12CC2. The number of benzene rings is 1. The molecular weight excluding hydrogens is 428 g/mol. The molecule has 0 aromatic heterocycles. The average molecular weight is 460 g/mol. The van der Waals surface area contributed by atoms with Gasteiger partial charge in [-0.2, -0.15) is 5.26 Å². The third-order valence-electron chi connectivity index (χ3n) is 7.16. The zero-order chi connectivity index (χ0) is 23.9.